The van der Waals surface area contributed by atoms with Crippen LogP contribution in [0.2, 0.25) is 0 Å². The predicted molar refractivity (Wildman–Crippen MR) is 114 cm³/mol. The lowest BCUT2D eigenvalue weighted by molar-refractivity contribution is -0.122. The van der Waals surface area contributed by atoms with Gasteiger partial charge in [-0.3, -0.25) is 9.69 Å². The Hall–Kier alpha value is -3.63. The van der Waals surface area contributed by atoms with Gasteiger partial charge in [0.1, 0.15) is 12.1 Å². The third-order valence-corrected chi connectivity index (χ3v) is 5.40. The molecule has 1 fully saturated rings. The first kappa shape index (κ1) is 20.3. The SMILES string of the molecule is O=C(Cn1nnnc1C(c1ccccc1)N1CCOCC1)NCc1nc2ccccc2o1. The average molecular weight is 433 g/mol. The highest BCUT2D eigenvalue weighted by Crippen LogP contribution is 2.27. The Labute approximate surface area is 184 Å². The molecule has 0 radical (unpaired) electrons. The van der Waals surface area contributed by atoms with Crippen molar-refractivity contribution < 1.29 is 13.9 Å². The molecule has 164 valence electrons. The first-order chi connectivity index (χ1) is 15.8. The summed E-state index contributed by atoms with van der Waals surface area (Å²) in [6.45, 7) is 3.01. The normalized spacial score (nSPS) is 15.6. The number of rotatable bonds is 7. The number of carbonyl (C=O) groups excluding carboxylic acids is 1. The van der Waals surface area contributed by atoms with Crippen molar-refractivity contribution >= 4 is 17.0 Å². The van der Waals surface area contributed by atoms with Crippen LogP contribution in [0.1, 0.15) is 23.3 Å². The molecule has 4 aromatic rings. The van der Waals surface area contributed by atoms with Gasteiger partial charge in [0.05, 0.1) is 25.8 Å². The number of aromatic nitrogens is 5. The van der Waals surface area contributed by atoms with Crippen LogP contribution in [0.25, 0.3) is 11.1 Å². The minimum atomic E-state index is -0.227. The number of amides is 1. The van der Waals surface area contributed by atoms with E-state index in [9.17, 15) is 4.79 Å². The molecule has 1 saturated heterocycles. The molecule has 1 unspecified atom stereocenters. The standard InChI is InChI=1S/C22H23N7O3/c30-19(23-14-20-24-17-8-4-5-9-18(17)32-20)15-29-22(25-26-27-29)21(16-6-2-1-3-7-16)28-10-12-31-13-11-28/h1-9,21H,10-15H2,(H,23,30). The van der Waals surface area contributed by atoms with Crippen LogP contribution >= 0.6 is 0 Å². The molecule has 5 rings (SSSR count). The van der Waals surface area contributed by atoms with Crippen LogP contribution in [0.4, 0.5) is 0 Å². The van der Waals surface area contributed by atoms with Crippen molar-refractivity contribution in [2.45, 2.75) is 19.1 Å². The molecule has 1 N–H and O–H groups in total. The molecule has 1 aliphatic heterocycles. The van der Waals surface area contributed by atoms with Crippen molar-refractivity contribution in [1.82, 2.24) is 35.4 Å². The Morgan fingerprint density at radius 3 is 2.66 bits per heavy atom. The second-order valence-corrected chi connectivity index (χ2v) is 7.51. The summed E-state index contributed by atoms with van der Waals surface area (Å²) in [7, 11) is 0. The summed E-state index contributed by atoms with van der Waals surface area (Å²) in [5.41, 5.74) is 2.52. The van der Waals surface area contributed by atoms with E-state index in [0.29, 0.717) is 30.5 Å². The Morgan fingerprint density at radius 1 is 1.06 bits per heavy atom. The first-order valence-corrected chi connectivity index (χ1v) is 10.5. The summed E-state index contributed by atoms with van der Waals surface area (Å²) in [5, 5.41) is 15.1. The summed E-state index contributed by atoms with van der Waals surface area (Å²) in [6, 6.07) is 17.4. The minimum Gasteiger partial charge on any atom is -0.439 e. The Bertz CT molecular complexity index is 1150. The number of morpholine rings is 1. The van der Waals surface area contributed by atoms with E-state index in [1.54, 1.807) is 4.68 Å². The number of nitrogens with zero attached hydrogens (tertiary/aromatic N) is 6. The van der Waals surface area contributed by atoms with Crippen molar-refractivity contribution in [2.75, 3.05) is 26.3 Å². The molecule has 3 heterocycles. The van der Waals surface area contributed by atoms with Crippen molar-refractivity contribution in [3.05, 3.63) is 71.9 Å². The smallest absolute Gasteiger partial charge is 0.242 e. The van der Waals surface area contributed by atoms with Gasteiger partial charge in [-0.15, -0.1) is 5.10 Å². The van der Waals surface area contributed by atoms with Crippen molar-refractivity contribution in [3.63, 3.8) is 0 Å². The fourth-order valence-electron chi connectivity index (χ4n) is 3.88. The lowest BCUT2D eigenvalue weighted by Crippen LogP contribution is -2.41. The van der Waals surface area contributed by atoms with Gasteiger partial charge in [0.25, 0.3) is 0 Å². The van der Waals surface area contributed by atoms with Crippen LogP contribution in [-0.2, 0) is 22.6 Å². The first-order valence-electron chi connectivity index (χ1n) is 10.5. The molecule has 1 amide bonds. The second kappa shape index (κ2) is 9.25. The third kappa shape index (κ3) is 4.36. The van der Waals surface area contributed by atoms with Crippen LogP contribution in [-0.4, -0.2) is 62.3 Å². The summed E-state index contributed by atoms with van der Waals surface area (Å²) >= 11 is 0. The van der Waals surface area contributed by atoms with E-state index in [2.05, 4.69) is 30.7 Å². The highest BCUT2D eigenvalue weighted by atomic mass is 16.5. The quantitative estimate of drug-likeness (QED) is 0.467. The Morgan fingerprint density at radius 2 is 1.84 bits per heavy atom. The lowest BCUT2D eigenvalue weighted by Gasteiger charge is -2.33. The Balaban J connectivity index is 1.31. The molecule has 2 aromatic heterocycles. The van der Waals surface area contributed by atoms with E-state index in [-0.39, 0.29) is 25.0 Å². The van der Waals surface area contributed by atoms with E-state index in [1.165, 1.54) is 0 Å². The third-order valence-electron chi connectivity index (χ3n) is 5.40. The number of hydrogen-bond donors (Lipinski definition) is 1. The molecule has 2 aromatic carbocycles. The molecule has 10 nitrogen and oxygen atoms in total. The van der Waals surface area contributed by atoms with E-state index in [0.717, 1.165) is 24.2 Å². The van der Waals surface area contributed by atoms with E-state index in [1.807, 2.05) is 54.6 Å². The van der Waals surface area contributed by atoms with Gasteiger partial charge >= 0.3 is 0 Å². The van der Waals surface area contributed by atoms with Crippen molar-refractivity contribution in [1.29, 1.82) is 0 Å². The molecular formula is C22H23N7O3. The number of benzene rings is 2. The molecule has 0 saturated carbocycles. The Kier molecular flexibility index (Phi) is 5.86. The zero-order valence-corrected chi connectivity index (χ0v) is 17.4. The second-order valence-electron chi connectivity index (χ2n) is 7.51. The van der Waals surface area contributed by atoms with Crippen LogP contribution in [0.3, 0.4) is 0 Å². The average Bonchev–Trinajstić information content (AvgIpc) is 3.46. The number of carbonyl (C=O) groups is 1. The highest BCUT2D eigenvalue weighted by Gasteiger charge is 2.29. The molecule has 0 spiro atoms. The topological polar surface area (TPSA) is 111 Å². The molecule has 1 aliphatic rings. The van der Waals surface area contributed by atoms with E-state index < -0.39 is 0 Å². The van der Waals surface area contributed by atoms with Crippen LogP contribution in [0.15, 0.2) is 59.0 Å². The number of oxazole rings is 1. The van der Waals surface area contributed by atoms with Gasteiger partial charge in [-0.1, -0.05) is 42.5 Å². The van der Waals surface area contributed by atoms with Gasteiger partial charge in [-0.05, 0) is 28.1 Å². The van der Waals surface area contributed by atoms with Gasteiger partial charge in [0, 0.05) is 13.1 Å². The number of hydrogen-bond acceptors (Lipinski definition) is 8. The predicted octanol–water partition coefficient (Wildman–Crippen LogP) is 1.55. The molecule has 0 bridgehead atoms. The van der Waals surface area contributed by atoms with Crippen LogP contribution < -0.4 is 5.32 Å². The molecule has 0 aliphatic carbocycles. The van der Waals surface area contributed by atoms with Gasteiger partial charge in [0.15, 0.2) is 11.4 Å². The summed E-state index contributed by atoms with van der Waals surface area (Å²) in [5.74, 6) is 0.844. The highest BCUT2D eigenvalue weighted by molar-refractivity contribution is 5.76. The lowest BCUT2D eigenvalue weighted by atomic mass is 10.0. The number of ether oxygens (including phenoxy) is 1. The minimum absolute atomic E-state index is 0.00373. The maximum atomic E-state index is 12.7. The summed E-state index contributed by atoms with van der Waals surface area (Å²) in [6.07, 6.45) is 0. The van der Waals surface area contributed by atoms with Crippen molar-refractivity contribution in [2.24, 2.45) is 0 Å². The number of tetrazole rings is 1. The summed E-state index contributed by atoms with van der Waals surface area (Å²) in [4.78, 5) is 19.3. The maximum absolute atomic E-state index is 12.7. The number of nitrogens with one attached hydrogen (secondary N) is 1. The van der Waals surface area contributed by atoms with Crippen LogP contribution in [0, 0.1) is 0 Å². The fraction of sp³-hybridized carbons (Fsp3) is 0.318. The zero-order chi connectivity index (χ0) is 21.8. The molecule has 32 heavy (non-hydrogen) atoms. The van der Waals surface area contributed by atoms with E-state index >= 15 is 0 Å². The zero-order valence-electron chi connectivity index (χ0n) is 17.4. The maximum Gasteiger partial charge on any atom is 0.242 e. The summed E-state index contributed by atoms with van der Waals surface area (Å²) < 4.78 is 12.7. The fourth-order valence-corrected chi connectivity index (χ4v) is 3.88. The van der Waals surface area contributed by atoms with Gasteiger partial charge in [-0.25, -0.2) is 9.67 Å². The monoisotopic (exact) mass is 433 g/mol. The molecule has 1 atom stereocenters. The van der Waals surface area contributed by atoms with Gasteiger partial charge in [-0.2, -0.15) is 0 Å². The van der Waals surface area contributed by atoms with Gasteiger partial charge in [0.2, 0.25) is 11.8 Å². The van der Waals surface area contributed by atoms with Gasteiger partial charge < -0.3 is 14.5 Å². The van der Waals surface area contributed by atoms with E-state index in [4.69, 9.17) is 9.15 Å². The van der Waals surface area contributed by atoms with Crippen molar-refractivity contribution in [3.8, 4) is 0 Å². The number of para-hydroxylation sites is 2. The molecular weight excluding hydrogens is 410 g/mol. The number of fused-ring (bicyclic) bond motifs is 1. The van der Waals surface area contributed by atoms with Crippen LogP contribution in [0.5, 0.6) is 0 Å². The largest absolute Gasteiger partial charge is 0.439 e. The molecule has 10 heteroatoms.